The van der Waals surface area contributed by atoms with Crippen LogP contribution in [-0.2, 0) is 6.42 Å². The number of hydrogen-bond acceptors (Lipinski definition) is 2. The summed E-state index contributed by atoms with van der Waals surface area (Å²) in [5, 5.41) is 2.11. The number of halogens is 2. The maximum Gasteiger partial charge on any atom is 0.118 e. The number of rotatable bonds is 4. The van der Waals surface area contributed by atoms with Gasteiger partial charge in [-0.25, -0.2) is 0 Å². The highest BCUT2D eigenvalue weighted by atomic mass is 79.9. The number of alkyl halides is 1. The molecule has 0 saturated carbocycles. The normalized spacial score (nSPS) is 12.4. The SMILES string of the molecule is COc1ccc(CC(Cl)c2csc(Br)c2)cc1. The van der Waals surface area contributed by atoms with Gasteiger partial charge >= 0.3 is 0 Å². The van der Waals surface area contributed by atoms with Crippen molar-refractivity contribution in [3.8, 4) is 5.75 Å². The largest absolute Gasteiger partial charge is 0.497 e. The van der Waals surface area contributed by atoms with E-state index in [9.17, 15) is 0 Å². The quantitative estimate of drug-likeness (QED) is 0.713. The summed E-state index contributed by atoms with van der Waals surface area (Å²) in [5.41, 5.74) is 2.38. The number of thiophene rings is 1. The zero-order valence-electron chi connectivity index (χ0n) is 9.32. The van der Waals surface area contributed by atoms with Crippen molar-refractivity contribution >= 4 is 38.9 Å². The molecule has 0 amide bonds. The minimum Gasteiger partial charge on any atom is -0.497 e. The van der Waals surface area contributed by atoms with Crippen molar-refractivity contribution in [3.63, 3.8) is 0 Å². The van der Waals surface area contributed by atoms with Gasteiger partial charge in [0.1, 0.15) is 5.75 Å². The molecule has 1 nitrogen and oxygen atoms in total. The van der Waals surface area contributed by atoms with Crippen LogP contribution in [0.15, 0.2) is 39.5 Å². The summed E-state index contributed by atoms with van der Waals surface area (Å²) in [6.07, 6.45) is 0.828. The molecule has 0 N–H and O–H groups in total. The van der Waals surface area contributed by atoms with Gasteiger partial charge in [-0.15, -0.1) is 22.9 Å². The zero-order valence-corrected chi connectivity index (χ0v) is 12.5. The molecular formula is C13H12BrClOS. The van der Waals surface area contributed by atoms with Gasteiger partial charge in [0, 0.05) is 0 Å². The van der Waals surface area contributed by atoms with Crippen LogP contribution in [0.4, 0.5) is 0 Å². The van der Waals surface area contributed by atoms with Gasteiger partial charge in [-0.05, 0) is 57.1 Å². The molecule has 0 fully saturated rings. The van der Waals surface area contributed by atoms with Crippen molar-refractivity contribution in [2.24, 2.45) is 0 Å². The minimum atomic E-state index is 0.0194. The van der Waals surface area contributed by atoms with E-state index in [2.05, 4.69) is 39.5 Å². The Labute approximate surface area is 119 Å². The maximum absolute atomic E-state index is 6.38. The Hall–Kier alpha value is -0.510. The Bertz CT molecular complexity index is 480. The van der Waals surface area contributed by atoms with Gasteiger partial charge in [0.2, 0.25) is 0 Å². The predicted molar refractivity (Wildman–Crippen MR) is 77.3 cm³/mol. The van der Waals surface area contributed by atoms with Gasteiger partial charge in [-0.3, -0.25) is 0 Å². The molecule has 0 bridgehead atoms. The first-order valence-corrected chi connectivity index (χ1v) is 7.31. The van der Waals surface area contributed by atoms with Crippen LogP contribution in [0.3, 0.4) is 0 Å². The molecule has 1 heterocycles. The van der Waals surface area contributed by atoms with Crippen molar-refractivity contribution in [1.29, 1.82) is 0 Å². The van der Waals surface area contributed by atoms with Gasteiger partial charge in [-0.2, -0.15) is 0 Å². The molecule has 90 valence electrons. The fraction of sp³-hybridized carbons (Fsp3) is 0.231. The standard InChI is InChI=1S/C13H12BrClOS/c1-16-11-4-2-9(3-5-11)6-12(15)10-7-13(14)17-8-10/h2-5,7-8,12H,6H2,1H3. The van der Waals surface area contributed by atoms with Crippen molar-refractivity contribution in [3.05, 3.63) is 50.6 Å². The topological polar surface area (TPSA) is 9.23 Å². The van der Waals surface area contributed by atoms with E-state index >= 15 is 0 Å². The Morgan fingerprint density at radius 3 is 2.59 bits per heavy atom. The van der Waals surface area contributed by atoms with Crippen LogP contribution in [0.2, 0.25) is 0 Å². The lowest BCUT2D eigenvalue weighted by molar-refractivity contribution is 0.414. The summed E-state index contributed by atoms with van der Waals surface area (Å²) in [6.45, 7) is 0. The molecule has 0 radical (unpaired) electrons. The van der Waals surface area contributed by atoms with Gasteiger partial charge in [-0.1, -0.05) is 12.1 Å². The summed E-state index contributed by atoms with van der Waals surface area (Å²) >= 11 is 11.5. The van der Waals surface area contributed by atoms with Crippen molar-refractivity contribution in [2.45, 2.75) is 11.8 Å². The van der Waals surface area contributed by atoms with E-state index in [0.717, 1.165) is 16.0 Å². The lowest BCUT2D eigenvalue weighted by Crippen LogP contribution is -1.94. The third kappa shape index (κ3) is 3.47. The molecule has 0 spiro atoms. The number of ether oxygens (including phenoxy) is 1. The lowest BCUT2D eigenvalue weighted by atomic mass is 10.1. The van der Waals surface area contributed by atoms with Crippen LogP contribution in [0.5, 0.6) is 5.75 Å². The van der Waals surface area contributed by atoms with Crippen LogP contribution in [0, 0.1) is 0 Å². The maximum atomic E-state index is 6.38. The Morgan fingerprint density at radius 2 is 2.06 bits per heavy atom. The van der Waals surface area contributed by atoms with E-state index in [1.807, 2.05) is 12.1 Å². The summed E-state index contributed by atoms with van der Waals surface area (Å²) in [7, 11) is 1.67. The first-order valence-electron chi connectivity index (χ1n) is 5.20. The van der Waals surface area contributed by atoms with Crippen LogP contribution in [0.1, 0.15) is 16.5 Å². The molecule has 0 aliphatic carbocycles. The molecule has 0 aliphatic heterocycles. The Morgan fingerprint density at radius 1 is 1.35 bits per heavy atom. The van der Waals surface area contributed by atoms with Gasteiger partial charge in [0.15, 0.2) is 0 Å². The average Bonchev–Trinajstić information content (AvgIpc) is 2.77. The molecule has 1 atom stereocenters. The second kappa shape index (κ2) is 5.89. The smallest absolute Gasteiger partial charge is 0.118 e. The second-order valence-electron chi connectivity index (χ2n) is 3.70. The van der Waals surface area contributed by atoms with Crippen molar-refractivity contribution in [1.82, 2.24) is 0 Å². The summed E-state index contributed by atoms with van der Waals surface area (Å²) in [5.74, 6) is 0.873. The number of benzene rings is 1. The summed E-state index contributed by atoms with van der Waals surface area (Å²) < 4.78 is 6.24. The summed E-state index contributed by atoms with van der Waals surface area (Å²) in [4.78, 5) is 0. The third-order valence-electron chi connectivity index (χ3n) is 2.52. The molecule has 1 aromatic heterocycles. The highest BCUT2D eigenvalue weighted by Gasteiger charge is 2.10. The highest BCUT2D eigenvalue weighted by Crippen LogP contribution is 2.31. The van der Waals surface area contributed by atoms with E-state index in [1.54, 1.807) is 18.4 Å². The summed E-state index contributed by atoms with van der Waals surface area (Å²) in [6, 6.07) is 10.1. The number of methoxy groups -OCH3 is 1. The van der Waals surface area contributed by atoms with Crippen LogP contribution < -0.4 is 4.74 Å². The molecule has 0 aliphatic rings. The van der Waals surface area contributed by atoms with Crippen molar-refractivity contribution in [2.75, 3.05) is 7.11 Å². The van der Waals surface area contributed by atoms with Crippen LogP contribution >= 0.6 is 38.9 Å². The molecular weight excluding hydrogens is 320 g/mol. The molecule has 1 unspecified atom stereocenters. The fourth-order valence-electron chi connectivity index (χ4n) is 1.57. The Kier molecular flexibility index (Phi) is 4.48. The zero-order chi connectivity index (χ0) is 12.3. The van der Waals surface area contributed by atoms with E-state index in [1.165, 1.54) is 11.1 Å². The monoisotopic (exact) mass is 330 g/mol. The van der Waals surface area contributed by atoms with Crippen LogP contribution in [0.25, 0.3) is 0 Å². The lowest BCUT2D eigenvalue weighted by Gasteiger charge is -2.08. The van der Waals surface area contributed by atoms with Crippen molar-refractivity contribution < 1.29 is 4.74 Å². The van der Waals surface area contributed by atoms with Gasteiger partial charge < -0.3 is 4.74 Å². The van der Waals surface area contributed by atoms with Gasteiger partial charge in [0.05, 0.1) is 16.3 Å². The predicted octanol–water partition coefficient (Wildman–Crippen LogP) is 5.04. The van der Waals surface area contributed by atoms with E-state index in [0.29, 0.717) is 0 Å². The highest BCUT2D eigenvalue weighted by molar-refractivity contribution is 9.11. The Balaban J connectivity index is 2.04. The molecule has 1 aromatic carbocycles. The first-order chi connectivity index (χ1) is 8.19. The minimum absolute atomic E-state index is 0.0194. The third-order valence-corrected chi connectivity index (χ3v) is 4.45. The molecule has 0 saturated heterocycles. The first kappa shape index (κ1) is 12.9. The van der Waals surface area contributed by atoms with Crippen LogP contribution in [-0.4, -0.2) is 7.11 Å². The molecule has 17 heavy (non-hydrogen) atoms. The second-order valence-corrected chi connectivity index (χ2v) is 6.52. The van der Waals surface area contributed by atoms with E-state index in [4.69, 9.17) is 16.3 Å². The van der Waals surface area contributed by atoms with Gasteiger partial charge in [0.25, 0.3) is 0 Å². The molecule has 4 heteroatoms. The van der Waals surface area contributed by atoms with E-state index < -0.39 is 0 Å². The number of hydrogen-bond donors (Lipinski definition) is 0. The fourth-order valence-corrected chi connectivity index (χ4v) is 3.18. The molecule has 2 rings (SSSR count). The van der Waals surface area contributed by atoms with E-state index in [-0.39, 0.29) is 5.38 Å². The molecule has 2 aromatic rings. The average molecular weight is 332 g/mol.